The summed E-state index contributed by atoms with van der Waals surface area (Å²) in [6.07, 6.45) is 1.84. The van der Waals surface area contributed by atoms with E-state index in [1.807, 2.05) is 19.2 Å². The maximum Gasteiger partial charge on any atom is 0.387 e. The number of aryl methyl sites for hydroxylation is 1. The Labute approximate surface area is 148 Å². The highest BCUT2D eigenvalue weighted by Crippen LogP contribution is 2.22. The number of halogens is 2. The van der Waals surface area contributed by atoms with E-state index >= 15 is 0 Å². The lowest BCUT2D eigenvalue weighted by Crippen LogP contribution is -2.23. The third-order valence-corrected chi connectivity index (χ3v) is 3.65. The normalized spacial score (nSPS) is 10.9. The Balaban J connectivity index is 1.62. The molecule has 0 atom stereocenters. The van der Waals surface area contributed by atoms with E-state index in [9.17, 15) is 13.6 Å². The molecule has 0 radical (unpaired) electrons. The lowest BCUT2D eigenvalue weighted by atomic mass is 10.1. The van der Waals surface area contributed by atoms with Crippen LogP contribution in [0.1, 0.15) is 23.1 Å². The molecule has 0 spiro atoms. The summed E-state index contributed by atoms with van der Waals surface area (Å²) < 4.78 is 30.4. The molecule has 0 saturated heterocycles. The number of nitrogens with one attached hydrogen (secondary N) is 2. The number of nitrogens with zero attached hydrogens (tertiary/aromatic N) is 3. The molecule has 0 bridgehead atoms. The molecule has 0 aliphatic rings. The van der Waals surface area contributed by atoms with Crippen molar-refractivity contribution in [3.05, 3.63) is 54.0 Å². The van der Waals surface area contributed by atoms with Crippen molar-refractivity contribution in [2.24, 2.45) is 0 Å². The Morgan fingerprint density at radius 2 is 2.08 bits per heavy atom. The van der Waals surface area contributed by atoms with Crippen LogP contribution in [0.2, 0.25) is 0 Å². The predicted molar refractivity (Wildman–Crippen MR) is 89.7 cm³/mol. The largest absolute Gasteiger partial charge is 0.435 e. The number of hydrogen-bond donors (Lipinski definition) is 2. The van der Waals surface area contributed by atoms with E-state index in [1.54, 1.807) is 22.9 Å². The number of aromatic nitrogens is 4. The smallest absolute Gasteiger partial charge is 0.387 e. The van der Waals surface area contributed by atoms with Crippen molar-refractivity contribution in [1.82, 2.24) is 25.3 Å². The van der Waals surface area contributed by atoms with Gasteiger partial charge in [0.05, 0.1) is 17.9 Å². The second-order valence-corrected chi connectivity index (χ2v) is 5.42. The fourth-order valence-corrected chi connectivity index (χ4v) is 2.33. The number of carbonyl (C=O) groups is 1. The molecule has 3 rings (SSSR count). The van der Waals surface area contributed by atoms with Crippen LogP contribution in [0.3, 0.4) is 0 Å². The van der Waals surface area contributed by atoms with Crippen molar-refractivity contribution in [2.75, 3.05) is 0 Å². The number of hydrogen-bond acceptors (Lipinski definition) is 4. The Hall–Kier alpha value is -3.23. The van der Waals surface area contributed by atoms with Crippen LogP contribution >= 0.6 is 0 Å². The Bertz CT molecular complexity index is 873. The summed E-state index contributed by atoms with van der Waals surface area (Å²) >= 11 is 0. The van der Waals surface area contributed by atoms with Gasteiger partial charge in [0.2, 0.25) is 0 Å². The van der Waals surface area contributed by atoms with Crippen molar-refractivity contribution >= 4 is 5.91 Å². The van der Waals surface area contributed by atoms with Crippen LogP contribution in [0.25, 0.3) is 11.3 Å². The SMILES string of the molecule is CCn1ccc(CNC(=O)c2cc(-c3ccc(OC(F)F)cc3)n[nH]2)n1. The molecular weight excluding hydrogens is 344 g/mol. The van der Waals surface area contributed by atoms with Crippen LogP contribution in [-0.4, -0.2) is 32.5 Å². The van der Waals surface area contributed by atoms with Gasteiger partial charge in [-0.05, 0) is 43.3 Å². The van der Waals surface area contributed by atoms with E-state index in [0.717, 1.165) is 12.2 Å². The highest BCUT2D eigenvalue weighted by atomic mass is 19.3. The fourth-order valence-electron chi connectivity index (χ4n) is 2.33. The van der Waals surface area contributed by atoms with Crippen LogP contribution in [0, 0.1) is 0 Å². The van der Waals surface area contributed by atoms with Gasteiger partial charge in [0.15, 0.2) is 0 Å². The molecule has 9 heteroatoms. The van der Waals surface area contributed by atoms with Crippen LogP contribution in [-0.2, 0) is 13.1 Å². The zero-order chi connectivity index (χ0) is 18.5. The minimum absolute atomic E-state index is 0.0590. The summed E-state index contributed by atoms with van der Waals surface area (Å²) in [5, 5.41) is 13.8. The van der Waals surface area contributed by atoms with E-state index in [-0.39, 0.29) is 11.7 Å². The molecule has 0 aliphatic heterocycles. The van der Waals surface area contributed by atoms with Gasteiger partial charge in [0.25, 0.3) is 5.91 Å². The van der Waals surface area contributed by atoms with Crippen LogP contribution in [0.5, 0.6) is 5.75 Å². The first kappa shape index (κ1) is 17.6. The predicted octanol–water partition coefficient (Wildman–Crippen LogP) is 2.82. The second kappa shape index (κ2) is 7.77. The Morgan fingerprint density at radius 3 is 2.73 bits per heavy atom. The number of H-pyrrole nitrogens is 1. The van der Waals surface area contributed by atoms with Gasteiger partial charge >= 0.3 is 6.61 Å². The van der Waals surface area contributed by atoms with Crippen LogP contribution in [0.15, 0.2) is 42.6 Å². The number of rotatable bonds is 7. The van der Waals surface area contributed by atoms with Gasteiger partial charge in [-0.2, -0.15) is 19.0 Å². The summed E-state index contributed by atoms with van der Waals surface area (Å²) in [6.45, 7) is 0.178. The molecule has 2 N–H and O–H groups in total. The second-order valence-electron chi connectivity index (χ2n) is 5.42. The van der Waals surface area contributed by atoms with Crippen LogP contribution < -0.4 is 10.1 Å². The van der Waals surface area contributed by atoms with E-state index in [0.29, 0.717) is 23.5 Å². The molecule has 2 aromatic heterocycles. The number of carbonyl (C=O) groups excluding carboxylic acids is 1. The van der Waals surface area contributed by atoms with Gasteiger partial charge < -0.3 is 10.1 Å². The molecule has 0 saturated carbocycles. The standard InChI is InChI=1S/C17H17F2N5O2/c1-2-24-8-7-12(23-24)10-20-16(25)15-9-14(21-22-15)11-3-5-13(6-4-11)26-17(18)19/h3-9,17H,2,10H2,1H3,(H,20,25)(H,21,22). The minimum atomic E-state index is -2.87. The Kier molecular flexibility index (Phi) is 5.26. The maximum atomic E-state index is 12.2. The zero-order valence-electron chi connectivity index (χ0n) is 13.9. The van der Waals surface area contributed by atoms with E-state index in [2.05, 4.69) is 25.3 Å². The topological polar surface area (TPSA) is 84.8 Å². The summed E-state index contributed by atoms with van der Waals surface area (Å²) in [5.74, 6) is -0.253. The molecule has 0 fully saturated rings. The van der Waals surface area contributed by atoms with Crippen molar-refractivity contribution in [1.29, 1.82) is 0 Å². The van der Waals surface area contributed by atoms with E-state index < -0.39 is 6.61 Å². The molecule has 136 valence electrons. The maximum absolute atomic E-state index is 12.2. The molecule has 1 aromatic carbocycles. The first-order valence-electron chi connectivity index (χ1n) is 7.96. The number of benzene rings is 1. The van der Waals surface area contributed by atoms with Crippen LogP contribution in [0.4, 0.5) is 8.78 Å². The molecule has 3 aromatic rings. The highest BCUT2D eigenvalue weighted by Gasteiger charge is 2.12. The average molecular weight is 361 g/mol. The molecule has 2 heterocycles. The average Bonchev–Trinajstić information content (AvgIpc) is 3.29. The van der Waals surface area contributed by atoms with Gasteiger partial charge in [0, 0.05) is 18.3 Å². The third-order valence-electron chi connectivity index (χ3n) is 3.65. The minimum Gasteiger partial charge on any atom is -0.435 e. The van der Waals surface area contributed by atoms with Crippen molar-refractivity contribution in [2.45, 2.75) is 26.6 Å². The number of alkyl halides is 2. The van der Waals surface area contributed by atoms with E-state index in [1.165, 1.54) is 12.1 Å². The summed E-state index contributed by atoms with van der Waals surface area (Å²) in [5.41, 5.74) is 2.25. The fraction of sp³-hybridized carbons (Fsp3) is 0.235. The first-order chi connectivity index (χ1) is 12.5. The van der Waals surface area contributed by atoms with E-state index in [4.69, 9.17) is 0 Å². The third kappa shape index (κ3) is 4.24. The lowest BCUT2D eigenvalue weighted by molar-refractivity contribution is -0.0498. The monoisotopic (exact) mass is 361 g/mol. The van der Waals surface area contributed by atoms with Gasteiger partial charge in [-0.25, -0.2) is 0 Å². The number of aromatic amines is 1. The molecule has 1 amide bonds. The molecule has 7 nitrogen and oxygen atoms in total. The Morgan fingerprint density at radius 1 is 1.31 bits per heavy atom. The van der Waals surface area contributed by atoms with Crippen molar-refractivity contribution in [3.8, 4) is 17.0 Å². The summed E-state index contributed by atoms with van der Waals surface area (Å²) in [4.78, 5) is 12.2. The van der Waals surface area contributed by atoms with Gasteiger partial charge in [0.1, 0.15) is 11.4 Å². The summed E-state index contributed by atoms with van der Waals surface area (Å²) in [7, 11) is 0. The highest BCUT2D eigenvalue weighted by molar-refractivity contribution is 5.93. The quantitative estimate of drug-likeness (QED) is 0.678. The van der Waals surface area contributed by atoms with Gasteiger partial charge in [-0.3, -0.25) is 14.6 Å². The molecule has 0 unspecified atom stereocenters. The number of amides is 1. The van der Waals surface area contributed by atoms with Crippen molar-refractivity contribution < 1.29 is 18.3 Å². The lowest BCUT2D eigenvalue weighted by Gasteiger charge is -2.04. The molecule has 0 aliphatic carbocycles. The molecule has 26 heavy (non-hydrogen) atoms. The van der Waals surface area contributed by atoms with Crippen molar-refractivity contribution in [3.63, 3.8) is 0 Å². The van der Waals surface area contributed by atoms with Gasteiger partial charge in [-0.15, -0.1) is 0 Å². The molecular formula is C17H17F2N5O2. The number of ether oxygens (including phenoxy) is 1. The first-order valence-corrected chi connectivity index (χ1v) is 7.96. The van der Waals surface area contributed by atoms with Gasteiger partial charge in [-0.1, -0.05) is 0 Å². The zero-order valence-corrected chi connectivity index (χ0v) is 13.9. The summed E-state index contributed by atoms with van der Waals surface area (Å²) in [6, 6.07) is 9.44.